The van der Waals surface area contributed by atoms with E-state index in [1.165, 1.54) is 12.8 Å². The standard InChI is InChI=1S/C17H18N4O2S/c1-22-13-6-5-11(7-14(13)23-2)12-8-18-15-16(19-12)21(17(24)20-15)9-10-3-4-10/h5-8,10H,3-4,9H2,1-2H3,(H,18,20,24). The van der Waals surface area contributed by atoms with Gasteiger partial charge in [0.25, 0.3) is 0 Å². The molecule has 0 spiro atoms. The maximum Gasteiger partial charge on any atom is 0.180 e. The van der Waals surface area contributed by atoms with Crippen LogP contribution >= 0.6 is 12.2 Å². The molecule has 1 aliphatic rings. The zero-order valence-corrected chi connectivity index (χ0v) is 14.4. The zero-order chi connectivity index (χ0) is 16.7. The van der Waals surface area contributed by atoms with E-state index in [9.17, 15) is 0 Å². The number of nitrogens with one attached hydrogen (secondary N) is 1. The quantitative estimate of drug-likeness (QED) is 0.718. The molecule has 124 valence electrons. The normalized spacial score (nSPS) is 14.1. The molecule has 4 rings (SSSR count). The summed E-state index contributed by atoms with van der Waals surface area (Å²) in [5.41, 5.74) is 3.23. The van der Waals surface area contributed by atoms with Crippen molar-refractivity contribution in [1.82, 2.24) is 19.5 Å². The summed E-state index contributed by atoms with van der Waals surface area (Å²) in [5.74, 6) is 2.07. The monoisotopic (exact) mass is 342 g/mol. The molecule has 0 amide bonds. The van der Waals surface area contributed by atoms with Crippen molar-refractivity contribution in [3.8, 4) is 22.8 Å². The molecule has 1 saturated carbocycles. The van der Waals surface area contributed by atoms with E-state index in [-0.39, 0.29) is 0 Å². The molecule has 0 atom stereocenters. The molecule has 0 radical (unpaired) electrons. The number of nitrogens with zero attached hydrogens (tertiary/aromatic N) is 3. The number of ether oxygens (including phenoxy) is 2. The molecule has 1 N–H and O–H groups in total. The Labute approximate surface area is 144 Å². The zero-order valence-electron chi connectivity index (χ0n) is 13.6. The number of aromatic amines is 1. The molecule has 7 heteroatoms. The van der Waals surface area contributed by atoms with Crippen LogP contribution in [0.2, 0.25) is 0 Å². The van der Waals surface area contributed by atoms with Crippen molar-refractivity contribution in [3.63, 3.8) is 0 Å². The first-order chi connectivity index (χ1) is 11.7. The minimum Gasteiger partial charge on any atom is -0.493 e. The summed E-state index contributed by atoms with van der Waals surface area (Å²) in [4.78, 5) is 12.4. The lowest BCUT2D eigenvalue weighted by Crippen LogP contribution is -2.01. The van der Waals surface area contributed by atoms with Crippen molar-refractivity contribution in [3.05, 3.63) is 29.2 Å². The van der Waals surface area contributed by atoms with Gasteiger partial charge >= 0.3 is 0 Å². The van der Waals surface area contributed by atoms with Crippen molar-refractivity contribution < 1.29 is 9.47 Å². The van der Waals surface area contributed by atoms with E-state index in [2.05, 4.69) is 14.5 Å². The summed E-state index contributed by atoms with van der Waals surface area (Å²) in [5, 5.41) is 0. The molecule has 1 aliphatic carbocycles. The van der Waals surface area contributed by atoms with Crippen LogP contribution in [0.1, 0.15) is 12.8 Å². The second kappa shape index (κ2) is 5.90. The number of rotatable bonds is 5. The average Bonchev–Trinajstić information content (AvgIpc) is 3.38. The molecule has 3 aromatic rings. The van der Waals surface area contributed by atoms with Gasteiger partial charge in [-0.1, -0.05) is 0 Å². The van der Waals surface area contributed by atoms with Gasteiger partial charge in [-0.3, -0.25) is 4.57 Å². The van der Waals surface area contributed by atoms with Crippen molar-refractivity contribution in [1.29, 1.82) is 0 Å². The van der Waals surface area contributed by atoms with E-state index in [0.717, 1.165) is 29.1 Å². The first-order valence-electron chi connectivity index (χ1n) is 7.87. The highest BCUT2D eigenvalue weighted by Gasteiger charge is 2.23. The molecule has 0 bridgehead atoms. The third-order valence-electron chi connectivity index (χ3n) is 4.30. The Morgan fingerprint density at radius 3 is 2.75 bits per heavy atom. The molecule has 0 aliphatic heterocycles. The minimum atomic E-state index is 0.667. The second-order valence-corrected chi connectivity index (χ2v) is 6.37. The van der Waals surface area contributed by atoms with Crippen molar-refractivity contribution in [2.24, 2.45) is 5.92 Å². The summed E-state index contributed by atoms with van der Waals surface area (Å²) in [7, 11) is 3.24. The fourth-order valence-electron chi connectivity index (χ4n) is 2.78. The number of hydrogen-bond donors (Lipinski definition) is 1. The predicted molar refractivity (Wildman–Crippen MR) is 94.0 cm³/mol. The number of aromatic nitrogens is 4. The van der Waals surface area contributed by atoms with Crippen LogP contribution in [0.4, 0.5) is 0 Å². The highest BCUT2D eigenvalue weighted by atomic mass is 32.1. The number of hydrogen-bond acceptors (Lipinski definition) is 5. The second-order valence-electron chi connectivity index (χ2n) is 5.98. The molecule has 6 nitrogen and oxygen atoms in total. The topological polar surface area (TPSA) is 65.0 Å². The van der Waals surface area contributed by atoms with E-state index in [4.69, 9.17) is 26.7 Å². The van der Waals surface area contributed by atoms with Gasteiger partial charge in [0.1, 0.15) is 0 Å². The van der Waals surface area contributed by atoms with Crippen LogP contribution in [0.25, 0.3) is 22.6 Å². The number of H-pyrrole nitrogens is 1. The SMILES string of the molecule is COc1ccc(-c2cnc3[nH]c(=S)n(CC4CC4)c3n2)cc1OC. The average molecular weight is 342 g/mol. The summed E-state index contributed by atoms with van der Waals surface area (Å²) in [6.45, 7) is 0.906. The molecule has 24 heavy (non-hydrogen) atoms. The molecule has 0 unspecified atom stereocenters. The minimum absolute atomic E-state index is 0.667. The fraction of sp³-hybridized carbons (Fsp3) is 0.353. The summed E-state index contributed by atoms with van der Waals surface area (Å²) in [6, 6.07) is 5.72. The van der Waals surface area contributed by atoms with E-state index < -0.39 is 0 Å². The van der Waals surface area contributed by atoms with Crippen LogP contribution in [0.15, 0.2) is 24.4 Å². The van der Waals surface area contributed by atoms with Gasteiger partial charge in [0.2, 0.25) is 0 Å². The van der Waals surface area contributed by atoms with Crippen LogP contribution in [0, 0.1) is 10.7 Å². The highest BCUT2D eigenvalue weighted by Crippen LogP contribution is 2.33. The molecule has 0 saturated heterocycles. The summed E-state index contributed by atoms with van der Waals surface area (Å²) >= 11 is 5.42. The van der Waals surface area contributed by atoms with Crippen molar-refractivity contribution in [2.45, 2.75) is 19.4 Å². The lowest BCUT2D eigenvalue weighted by atomic mass is 10.1. The van der Waals surface area contributed by atoms with E-state index in [1.54, 1.807) is 20.4 Å². The van der Waals surface area contributed by atoms with Gasteiger partial charge in [-0.25, -0.2) is 9.97 Å². The Kier molecular flexibility index (Phi) is 3.72. The predicted octanol–water partition coefficient (Wildman–Crippen LogP) is 3.58. The molecule has 1 fully saturated rings. The Hall–Kier alpha value is -2.41. The van der Waals surface area contributed by atoms with E-state index in [1.807, 2.05) is 18.2 Å². The molecule has 2 aromatic heterocycles. The molecular weight excluding hydrogens is 324 g/mol. The van der Waals surface area contributed by atoms with Gasteiger partial charge < -0.3 is 14.5 Å². The van der Waals surface area contributed by atoms with Crippen LogP contribution in [0.5, 0.6) is 11.5 Å². The van der Waals surface area contributed by atoms with Gasteiger partial charge in [0.15, 0.2) is 27.6 Å². The molecular formula is C17H18N4O2S. The maximum atomic E-state index is 5.42. The summed E-state index contributed by atoms with van der Waals surface area (Å²) < 4.78 is 13.4. The van der Waals surface area contributed by atoms with Crippen molar-refractivity contribution >= 4 is 23.5 Å². The van der Waals surface area contributed by atoms with Crippen LogP contribution in [-0.4, -0.2) is 33.7 Å². The first-order valence-corrected chi connectivity index (χ1v) is 8.28. The van der Waals surface area contributed by atoms with E-state index in [0.29, 0.717) is 22.2 Å². The van der Waals surface area contributed by atoms with Gasteiger partial charge in [0, 0.05) is 12.1 Å². The first kappa shape index (κ1) is 15.1. The lowest BCUT2D eigenvalue weighted by Gasteiger charge is -2.09. The third kappa shape index (κ3) is 2.65. The molecule has 2 heterocycles. The number of benzene rings is 1. The van der Waals surface area contributed by atoms with E-state index >= 15 is 0 Å². The largest absolute Gasteiger partial charge is 0.493 e. The summed E-state index contributed by atoms with van der Waals surface area (Å²) in [6.07, 6.45) is 4.27. The highest BCUT2D eigenvalue weighted by molar-refractivity contribution is 7.71. The number of methoxy groups -OCH3 is 2. The Balaban J connectivity index is 1.80. The lowest BCUT2D eigenvalue weighted by molar-refractivity contribution is 0.355. The Bertz CT molecular complexity index is 959. The molecule has 1 aromatic carbocycles. The van der Waals surface area contributed by atoms with Gasteiger partial charge in [-0.2, -0.15) is 0 Å². The van der Waals surface area contributed by atoms with Crippen LogP contribution < -0.4 is 9.47 Å². The maximum absolute atomic E-state index is 5.42. The van der Waals surface area contributed by atoms with Crippen LogP contribution in [0.3, 0.4) is 0 Å². The Morgan fingerprint density at radius 1 is 1.25 bits per heavy atom. The smallest absolute Gasteiger partial charge is 0.180 e. The fourth-order valence-corrected chi connectivity index (χ4v) is 3.04. The Morgan fingerprint density at radius 2 is 2.04 bits per heavy atom. The van der Waals surface area contributed by atoms with Gasteiger partial charge in [-0.15, -0.1) is 0 Å². The number of imidazole rings is 1. The third-order valence-corrected chi connectivity index (χ3v) is 4.62. The number of fused-ring (bicyclic) bond motifs is 1. The van der Waals surface area contributed by atoms with Gasteiger partial charge in [0.05, 0.1) is 26.1 Å². The van der Waals surface area contributed by atoms with Crippen molar-refractivity contribution in [2.75, 3.05) is 14.2 Å². The van der Waals surface area contributed by atoms with Gasteiger partial charge in [-0.05, 0) is 49.2 Å². The van der Waals surface area contributed by atoms with Crippen LogP contribution in [-0.2, 0) is 6.54 Å².